The van der Waals surface area contributed by atoms with Crippen LogP contribution in [0.25, 0.3) is 0 Å². The normalized spacial score (nSPS) is 10.0. The van der Waals surface area contributed by atoms with Crippen LogP contribution in [-0.2, 0) is 0 Å². The van der Waals surface area contributed by atoms with Crippen molar-refractivity contribution < 1.29 is 19.3 Å². The number of anilines is 2. The number of ether oxygens (including phenoxy) is 2. The van der Waals surface area contributed by atoms with E-state index in [-0.39, 0.29) is 11.4 Å². The number of nitro benzene ring substituents is 2. The highest BCUT2D eigenvalue weighted by Gasteiger charge is 2.19. The molecule has 0 aliphatic heterocycles. The Hall–Kier alpha value is -3.36. The van der Waals surface area contributed by atoms with E-state index in [1.807, 2.05) is 0 Å². The third-order valence-corrected chi connectivity index (χ3v) is 3.05. The lowest BCUT2D eigenvalue weighted by molar-refractivity contribution is -0.393. The Morgan fingerprint density at radius 3 is 2.17 bits per heavy atom. The molecule has 120 valence electrons. The molecule has 2 aromatic rings. The standard InChI is InChI=1S/C14H13N3O6/c1-22-13-6-3-9(7-14(13)23-2)15-11-5-4-10(16(18)19)8-12(11)17(20)21/h3-8,15H,1-2H3. The molecule has 0 saturated heterocycles. The summed E-state index contributed by atoms with van der Waals surface area (Å²) in [6.07, 6.45) is 0. The summed E-state index contributed by atoms with van der Waals surface area (Å²) < 4.78 is 10.3. The van der Waals surface area contributed by atoms with Gasteiger partial charge in [-0.3, -0.25) is 20.2 Å². The summed E-state index contributed by atoms with van der Waals surface area (Å²) in [7, 11) is 2.96. The van der Waals surface area contributed by atoms with E-state index in [1.54, 1.807) is 18.2 Å². The maximum atomic E-state index is 11.1. The van der Waals surface area contributed by atoms with Gasteiger partial charge in [0.15, 0.2) is 11.5 Å². The number of non-ortho nitro benzene ring substituents is 1. The molecule has 0 bridgehead atoms. The Morgan fingerprint density at radius 1 is 0.913 bits per heavy atom. The minimum atomic E-state index is -0.687. The van der Waals surface area contributed by atoms with Gasteiger partial charge in [-0.05, 0) is 18.2 Å². The van der Waals surface area contributed by atoms with E-state index in [1.165, 1.54) is 26.4 Å². The topological polar surface area (TPSA) is 117 Å². The Balaban J connectivity index is 2.40. The van der Waals surface area contributed by atoms with E-state index in [9.17, 15) is 20.2 Å². The SMILES string of the molecule is COc1ccc(Nc2ccc([N+](=O)[O-])cc2[N+](=O)[O-])cc1OC. The Kier molecular flexibility index (Phi) is 4.60. The first-order valence-electron chi connectivity index (χ1n) is 6.38. The van der Waals surface area contributed by atoms with Crippen molar-refractivity contribution in [3.05, 3.63) is 56.6 Å². The molecule has 0 saturated carbocycles. The fourth-order valence-electron chi connectivity index (χ4n) is 1.96. The molecule has 0 aliphatic carbocycles. The molecule has 0 heterocycles. The van der Waals surface area contributed by atoms with Crippen LogP contribution in [0.2, 0.25) is 0 Å². The van der Waals surface area contributed by atoms with Crippen molar-refractivity contribution >= 4 is 22.7 Å². The van der Waals surface area contributed by atoms with Crippen LogP contribution in [0, 0.1) is 20.2 Å². The molecule has 0 radical (unpaired) electrons. The van der Waals surface area contributed by atoms with Crippen LogP contribution in [0.1, 0.15) is 0 Å². The van der Waals surface area contributed by atoms with Gasteiger partial charge < -0.3 is 14.8 Å². The van der Waals surface area contributed by atoms with Gasteiger partial charge in [-0.2, -0.15) is 0 Å². The van der Waals surface area contributed by atoms with Gasteiger partial charge in [-0.1, -0.05) is 0 Å². The molecular weight excluding hydrogens is 306 g/mol. The predicted octanol–water partition coefficient (Wildman–Crippen LogP) is 3.26. The zero-order chi connectivity index (χ0) is 17.0. The van der Waals surface area contributed by atoms with Crippen molar-refractivity contribution in [2.24, 2.45) is 0 Å². The number of nitrogens with zero attached hydrogens (tertiary/aromatic N) is 2. The number of hydrogen-bond donors (Lipinski definition) is 1. The Bertz CT molecular complexity index is 762. The number of rotatable bonds is 6. The largest absolute Gasteiger partial charge is 0.493 e. The summed E-state index contributed by atoms with van der Waals surface area (Å²) in [5.74, 6) is 0.957. The lowest BCUT2D eigenvalue weighted by Crippen LogP contribution is -1.99. The number of nitrogens with one attached hydrogen (secondary N) is 1. The summed E-state index contributed by atoms with van der Waals surface area (Å²) in [4.78, 5) is 20.5. The van der Waals surface area contributed by atoms with Gasteiger partial charge in [0, 0.05) is 17.8 Å². The molecule has 0 aliphatic rings. The fraction of sp³-hybridized carbons (Fsp3) is 0.143. The van der Waals surface area contributed by atoms with Crippen molar-refractivity contribution in [3.63, 3.8) is 0 Å². The monoisotopic (exact) mass is 319 g/mol. The summed E-state index contributed by atoms with van der Waals surface area (Å²) in [5.41, 5.74) is -0.101. The first kappa shape index (κ1) is 16.0. The zero-order valence-corrected chi connectivity index (χ0v) is 12.3. The average Bonchev–Trinajstić information content (AvgIpc) is 2.54. The van der Waals surface area contributed by atoms with Crippen LogP contribution in [-0.4, -0.2) is 24.1 Å². The molecule has 9 nitrogen and oxygen atoms in total. The van der Waals surface area contributed by atoms with E-state index in [4.69, 9.17) is 9.47 Å². The third kappa shape index (κ3) is 3.46. The highest BCUT2D eigenvalue weighted by Crippen LogP contribution is 2.34. The molecule has 0 amide bonds. The first-order valence-corrected chi connectivity index (χ1v) is 6.38. The molecule has 23 heavy (non-hydrogen) atoms. The van der Waals surface area contributed by atoms with Gasteiger partial charge in [0.1, 0.15) is 5.69 Å². The molecule has 2 rings (SSSR count). The number of methoxy groups -OCH3 is 2. The minimum absolute atomic E-state index is 0.132. The highest BCUT2D eigenvalue weighted by molar-refractivity contribution is 5.72. The summed E-state index contributed by atoms with van der Waals surface area (Å²) in [5, 5.41) is 24.7. The first-order chi connectivity index (χ1) is 11.0. The molecule has 0 spiro atoms. The van der Waals surface area contributed by atoms with E-state index < -0.39 is 15.5 Å². The third-order valence-electron chi connectivity index (χ3n) is 3.05. The molecule has 9 heteroatoms. The van der Waals surface area contributed by atoms with Gasteiger partial charge in [-0.25, -0.2) is 0 Å². The smallest absolute Gasteiger partial charge is 0.299 e. The van der Waals surface area contributed by atoms with E-state index in [0.29, 0.717) is 17.2 Å². The van der Waals surface area contributed by atoms with E-state index in [2.05, 4.69) is 5.32 Å². The van der Waals surface area contributed by atoms with E-state index in [0.717, 1.165) is 6.07 Å². The summed E-state index contributed by atoms with van der Waals surface area (Å²) in [6, 6.07) is 8.26. The molecular formula is C14H13N3O6. The van der Waals surface area contributed by atoms with Crippen LogP contribution >= 0.6 is 0 Å². The quantitative estimate of drug-likeness (QED) is 0.641. The second-order valence-corrected chi connectivity index (χ2v) is 4.41. The predicted molar refractivity (Wildman–Crippen MR) is 82.6 cm³/mol. The second-order valence-electron chi connectivity index (χ2n) is 4.41. The number of nitro groups is 2. The van der Waals surface area contributed by atoms with Gasteiger partial charge in [0.25, 0.3) is 11.4 Å². The number of hydrogen-bond acceptors (Lipinski definition) is 7. The lowest BCUT2D eigenvalue weighted by Gasteiger charge is -2.11. The van der Waals surface area contributed by atoms with Gasteiger partial charge in [0.2, 0.25) is 0 Å². The summed E-state index contributed by atoms with van der Waals surface area (Å²) >= 11 is 0. The van der Waals surface area contributed by atoms with Crippen LogP contribution in [0.15, 0.2) is 36.4 Å². The molecule has 0 fully saturated rings. The second kappa shape index (κ2) is 6.60. The van der Waals surface area contributed by atoms with Gasteiger partial charge in [0.05, 0.1) is 30.1 Å². The fourth-order valence-corrected chi connectivity index (χ4v) is 1.96. The van der Waals surface area contributed by atoms with Gasteiger partial charge in [-0.15, -0.1) is 0 Å². The maximum absolute atomic E-state index is 11.1. The van der Waals surface area contributed by atoms with Gasteiger partial charge >= 0.3 is 0 Å². The van der Waals surface area contributed by atoms with Crippen molar-refractivity contribution in [1.29, 1.82) is 0 Å². The van der Waals surface area contributed by atoms with Crippen molar-refractivity contribution in [1.82, 2.24) is 0 Å². The lowest BCUT2D eigenvalue weighted by atomic mass is 10.2. The highest BCUT2D eigenvalue weighted by atomic mass is 16.6. The van der Waals surface area contributed by atoms with Crippen molar-refractivity contribution in [2.45, 2.75) is 0 Å². The van der Waals surface area contributed by atoms with Crippen LogP contribution in [0.3, 0.4) is 0 Å². The average molecular weight is 319 g/mol. The Morgan fingerprint density at radius 2 is 1.61 bits per heavy atom. The molecule has 0 unspecified atom stereocenters. The molecule has 0 atom stereocenters. The number of benzene rings is 2. The molecule has 0 aromatic heterocycles. The van der Waals surface area contributed by atoms with Crippen molar-refractivity contribution in [3.8, 4) is 11.5 Å². The molecule has 1 N–H and O–H groups in total. The Labute approximate surface area is 130 Å². The maximum Gasteiger partial charge on any atom is 0.299 e. The van der Waals surface area contributed by atoms with Crippen LogP contribution in [0.4, 0.5) is 22.7 Å². The van der Waals surface area contributed by atoms with E-state index >= 15 is 0 Å². The minimum Gasteiger partial charge on any atom is -0.493 e. The van der Waals surface area contributed by atoms with Crippen LogP contribution < -0.4 is 14.8 Å². The zero-order valence-electron chi connectivity index (χ0n) is 12.3. The molecule has 2 aromatic carbocycles. The van der Waals surface area contributed by atoms with Crippen LogP contribution in [0.5, 0.6) is 11.5 Å². The van der Waals surface area contributed by atoms with Crippen molar-refractivity contribution in [2.75, 3.05) is 19.5 Å². The summed E-state index contributed by atoms with van der Waals surface area (Å²) in [6.45, 7) is 0.